The number of ether oxygens (including phenoxy) is 2. The average Bonchev–Trinajstić information content (AvgIpc) is 3.00. The van der Waals surface area contributed by atoms with Crippen molar-refractivity contribution in [3.05, 3.63) is 53.7 Å². The van der Waals surface area contributed by atoms with E-state index in [1.165, 1.54) is 5.57 Å². The van der Waals surface area contributed by atoms with E-state index < -0.39 is 0 Å². The van der Waals surface area contributed by atoms with Gasteiger partial charge in [0.2, 0.25) is 5.91 Å². The first-order valence-electron chi connectivity index (χ1n) is 11.2. The lowest BCUT2D eigenvalue weighted by Gasteiger charge is -2.32. The second-order valence-electron chi connectivity index (χ2n) is 8.56. The summed E-state index contributed by atoms with van der Waals surface area (Å²) >= 11 is 0. The van der Waals surface area contributed by atoms with Gasteiger partial charge in [0.25, 0.3) is 0 Å². The molecule has 1 amide bonds. The number of nitrogens with one attached hydrogen (secondary N) is 1. The van der Waals surface area contributed by atoms with Crippen LogP contribution in [0.1, 0.15) is 43.2 Å². The van der Waals surface area contributed by atoms with Gasteiger partial charge in [-0.25, -0.2) is 4.98 Å². The molecule has 2 aromatic rings. The number of pyridine rings is 1. The fourth-order valence-electron chi connectivity index (χ4n) is 4.87. The largest absolute Gasteiger partial charge is 0.381 e. The lowest BCUT2D eigenvalue weighted by Crippen LogP contribution is -2.38. The summed E-state index contributed by atoms with van der Waals surface area (Å²) in [6.07, 6.45) is 8.73. The van der Waals surface area contributed by atoms with Gasteiger partial charge in [0.1, 0.15) is 5.82 Å². The van der Waals surface area contributed by atoms with E-state index in [1.807, 2.05) is 17.0 Å². The molecule has 0 atom stereocenters. The highest BCUT2D eigenvalue weighted by molar-refractivity contribution is 6.00. The van der Waals surface area contributed by atoms with Gasteiger partial charge in [-0.05, 0) is 61.4 Å². The minimum atomic E-state index is 0.0309. The minimum Gasteiger partial charge on any atom is -0.381 e. The molecule has 3 heterocycles. The third kappa shape index (κ3) is 4.10. The highest BCUT2D eigenvalue weighted by atomic mass is 16.5. The number of anilines is 3. The third-order valence-corrected chi connectivity index (χ3v) is 6.72. The van der Waals surface area contributed by atoms with E-state index in [-0.39, 0.29) is 17.9 Å². The fraction of sp³-hybridized carbons (Fsp3) is 0.440. The number of hydrogen-bond acceptors (Lipinski definition) is 5. The Morgan fingerprint density at radius 2 is 2.10 bits per heavy atom. The van der Waals surface area contributed by atoms with Crippen molar-refractivity contribution in [2.24, 2.45) is 5.92 Å². The average molecular weight is 420 g/mol. The molecule has 6 nitrogen and oxygen atoms in total. The molecule has 1 aromatic heterocycles. The van der Waals surface area contributed by atoms with Crippen LogP contribution in [0.2, 0.25) is 0 Å². The van der Waals surface area contributed by atoms with Crippen LogP contribution in [-0.4, -0.2) is 37.3 Å². The zero-order valence-corrected chi connectivity index (χ0v) is 18.0. The van der Waals surface area contributed by atoms with Crippen LogP contribution < -0.4 is 10.2 Å². The Kier molecular flexibility index (Phi) is 5.74. The van der Waals surface area contributed by atoms with Crippen LogP contribution in [-0.2, 0) is 20.8 Å². The van der Waals surface area contributed by atoms with Crippen LogP contribution in [0, 0.1) is 5.92 Å². The van der Waals surface area contributed by atoms with Crippen molar-refractivity contribution in [2.45, 2.75) is 44.8 Å². The van der Waals surface area contributed by atoms with Crippen LogP contribution >= 0.6 is 0 Å². The van der Waals surface area contributed by atoms with Crippen molar-refractivity contribution in [2.75, 3.05) is 30.5 Å². The molecule has 1 fully saturated rings. The van der Waals surface area contributed by atoms with Gasteiger partial charge in [-0.2, -0.15) is 0 Å². The van der Waals surface area contributed by atoms with E-state index in [0.717, 1.165) is 67.0 Å². The van der Waals surface area contributed by atoms with Crippen molar-refractivity contribution in [1.82, 2.24) is 4.98 Å². The highest BCUT2D eigenvalue weighted by Gasteiger charge is 2.33. The van der Waals surface area contributed by atoms with Gasteiger partial charge in [0.05, 0.1) is 37.2 Å². The lowest BCUT2D eigenvalue weighted by atomic mass is 9.86. The van der Waals surface area contributed by atoms with Crippen molar-refractivity contribution >= 4 is 28.7 Å². The number of aromatic nitrogens is 1. The predicted molar refractivity (Wildman–Crippen MR) is 121 cm³/mol. The van der Waals surface area contributed by atoms with Crippen LogP contribution in [0.15, 0.2) is 42.6 Å². The molecule has 31 heavy (non-hydrogen) atoms. The second-order valence-corrected chi connectivity index (χ2v) is 8.56. The molecule has 2 aliphatic heterocycles. The molecule has 0 radical (unpaired) electrons. The molecule has 0 unspecified atom stereocenters. The van der Waals surface area contributed by atoms with Gasteiger partial charge in [-0.1, -0.05) is 18.2 Å². The molecule has 1 saturated carbocycles. The quantitative estimate of drug-likeness (QED) is 0.783. The standard InChI is InChI=1S/C25H29N3O3/c1-30-21-7-4-18(5-8-21)25(29)28-16-20-3-2-12-26-24(20)27-22-9-6-19(15-23(22)28)17-10-13-31-14-11-17/h2-3,6,9-10,12,15,18,21H,4-5,7-8,11,13-14,16H2,1H3,(H,26,27). The first kappa shape index (κ1) is 20.2. The molecule has 1 aliphatic carbocycles. The molecular weight excluding hydrogens is 390 g/mol. The summed E-state index contributed by atoms with van der Waals surface area (Å²) in [6.45, 7) is 1.91. The number of carbonyl (C=O) groups excluding carboxylic acids is 1. The van der Waals surface area contributed by atoms with E-state index in [1.54, 1.807) is 13.3 Å². The second kappa shape index (κ2) is 8.81. The van der Waals surface area contributed by atoms with Crippen LogP contribution in [0.3, 0.4) is 0 Å². The molecule has 3 aliphatic rings. The summed E-state index contributed by atoms with van der Waals surface area (Å²) in [4.78, 5) is 20.3. The third-order valence-electron chi connectivity index (χ3n) is 6.72. The Balaban J connectivity index is 1.51. The van der Waals surface area contributed by atoms with Gasteiger partial charge in [-0.15, -0.1) is 0 Å². The van der Waals surface area contributed by atoms with Gasteiger partial charge >= 0.3 is 0 Å². The molecule has 0 spiro atoms. The van der Waals surface area contributed by atoms with Crippen molar-refractivity contribution in [3.63, 3.8) is 0 Å². The Hall–Kier alpha value is -2.70. The summed E-state index contributed by atoms with van der Waals surface area (Å²) in [7, 11) is 1.76. The monoisotopic (exact) mass is 419 g/mol. The Morgan fingerprint density at radius 1 is 1.23 bits per heavy atom. The Labute approximate surface area is 183 Å². The maximum atomic E-state index is 13.8. The Bertz CT molecular complexity index is 995. The predicted octanol–water partition coefficient (Wildman–Crippen LogP) is 4.68. The zero-order valence-electron chi connectivity index (χ0n) is 18.0. The first-order chi connectivity index (χ1) is 15.2. The number of methoxy groups -OCH3 is 1. The Morgan fingerprint density at radius 3 is 2.87 bits per heavy atom. The summed E-state index contributed by atoms with van der Waals surface area (Å²) in [5.74, 6) is 1.05. The number of nitrogens with zero attached hydrogens (tertiary/aromatic N) is 2. The van der Waals surface area contributed by atoms with E-state index in [9.17, 15) is 4.79 Å². The van der Waals surface area contributed by atoms with Crippen molar-refractivity contribution in [3.8, 4) is 0 Å². The molecule has 5 rings (SSSR count). The van der Waals surface area contributed by atoms with Gasteiger partial charge < -0.3 is 19.7 Å². The topological polar surface area (TPSA) is 63.7 Å². The maximum Gasteiger partial charge on any atom is 0.230 e. The molecule has 0 bridgehead atoms. The molecule has 6 heteroatoms. The molecule has 1 N–H and O–H groups in total. The summed E-state index contributed by atoms with van der Waals surface area (Å²) < 4.78 is 11.0. The van der Waals surface area contributed by atoms with Crippen LogP contribution in [0.5, 0.6) is 0 Å². The number of rotatable bonds is 3. The zero-order chi connectivity index (χ0) is 21.2. The number of fused-ring (bicyclic) bond motifs is 2. The summed E-state index contributed by atoms with van der Waals surface area (Å²) in [5, 5.41) is 3.47. The van der Waals surface area contributed by atoms with Gasteiger partial charge in [0, 0.05) is 24.8 Å². The van der Waals surface area contributed by atoms with Gasteiger partial charge in [-0.3, -0.25) is 4.79 Å². The normalized spacial score (nSPS) is 23.1. The van der Waals surface area contributed by atoms with Crippen LogP contribution in [0.25, 0.3) is 5.57 Å². The smallest absolute Gasteiger partial charge is 0.230 e. The van der Waals surface area contributed by atoms with E-state index >= 15 is 0 Å². The van der Waals surface area contributed by atoms with Crippen molar-refractivity contribution in [1.29, 1.82) is 0 Å². The molecule has 1 aromatic carbocycles. The number of hydrogen-bond donors (Lipinski definition) is 1. The number of benzene rings is 1. The van der Waals surface area contributed by atoms with E-state index in [0.29, 0.717) is 13.2 Å². The highest BCUT2D eigenvalue weighted by Crippen LogP contribution is 2.39. The van der Waals surface area contributed by atoms with E-state index in [2.05, 4.69) is 34.6 Å². The lowest BCUT2D eigenvalue weighted by molar-refractivity contribution is -0.124. The minimum absolute atomic E-state index is 0.0309. The SMILES string of the molecule is COC1CCC(C(=O)N2Cc3cccnc3Nc3ccc(C4=CCOCC4)cc32)CC1. The summed E-state index contributed by atoms with van der Waals surface area (Å²) in [6, 6.07) is 10.3. The van der Waals surface area contributed by atoms with E-state index in [4.69, 9.17) is 9.47 Å². The number of amides is 1. The fourth-order valence-corrected chi connectivity index (χ4v) is 4.87. The summed E-state index contributed by atoms with van der Waals surface area (Å²) in [5.41, 5.74) is 5.32. The maximum absolute atomic E-state index is 13.8. The first-order valence-corrected chi connectivity index (χ1v) is 11.2. The molecule has 0 saturated heterocycles. The number of carbonyl (C=O) groups is 1. The molecular formula is C25H29N3O3. The van der Waals surface area contributed by atoms with Gasteiger partial charge in [0.15, 0.2) is 0 Å². The van der Waals surface area contributed by atoms with Crippen LogP contribution in [0.4, 0.5) is 17.2 Å². The molecule has 162 valence electrons. The van der Waals surface area contributed by atoms with Crippen molar-refractivity contribution < 1.29 is 14.3 Å².